The van der Waals surface area contributed by atoms with Crippen molar-refractivity contribution in [2.75, 3.05) is 37.7 Å². The first-order chi connectivity index (χ1) is 28.1. The van der Waals surface area contributed by atoms with E-state index in [9.17, 15) is 37.2 Å². The van der Waals surface area contributed by atoms with Gasteiger partial charge in [-0.15, -0.1) is 0 Å². The van der Waals surface area contributed by atoms with Gasteiger partial charge in [-0.25, -0.2) is 24.2 Å². The molecule has 0 atom stereocenters. The number of piperidine rings is 1. The van der Waals surface area contributed by atoms with E-state index in [4.69, 9.17) is 9.84 Å². The molecule has 0 aliphatic carbocycles. The van der Waals surface area contributed by atoms with Crippen LogP contribution in [0.4, 0.5) is 23.4 Å². The Bertz CT molecular complexity index is 2480. The molecule has 3 aliphatic heterocycles. The Morgan fingerprint density at radius 2 is 1.69 bits per heavy atom. The Hall–Kier alpha value is -5.84. The summed E-state index contributed by atoms with van der Waals surface area (Å²) < 4.78 is 64.1. The van der Waals surface area contributed by atoms with Crippen LogP contribution in [0.2, 0.25) is 25.7 Å². The molecule has 0 radical (unpaired) electrons. The van der Waals surface area contributed by atoms with Crippen molar-refractivity contribution >= 4 is 42.6 Å². The molecule has 0 N–H and O–H groups in total. The van der Waals surface area contributed by atoms with Crippen molar-refractivity contribution in [3.63, 3.8) is 0 Å². The van der Waals surface area contributed by atoms with Crippen molar-refractivity contribution in [2.45, 2.75) is 69.4 Å². The molecular weight excluding hydrogens is 789 g/mol. The summed E-state index contributed by atoms with van der Waals surface area (Å²) in [6.07, 6.45) is 1.65. The van der Waals surface area contributed by atoms with Crippen molar-refractivity contribution in [2.24, 2.45) is 0 Å². The van der Waals surface area contributed by atoms with Crippen LogP contribution in [0.5, 0.6) is 0 Å². The molecule has 59 heavy (non-hydrogen) atoms. The van der Waals surface area contributed by atoms with Gasteiger partial charge in [0.05, 0.1) is 40.4 Å². The fourth-order valence-corrected chi connectivity index (χ4v) is 8.81. The number of benzene rings is 1. The Kier molecular flexibility index (Phi) is 10.2. The summed E-state index contributed by atoms with van der Waals surface area (Å²) in [4.78, 5) is 57.7. The maximum atomic E-state index is 14.8. The van der Waals surface area contributed by atoms with Crippen LogP contribution in [0.25, 0.3) is 22.3 Å². The van der Waals surface area contributed by atoms with E-state index in [2.05, 4.69) is 45.6 Å². The minimum absolute atomic E-state index is 0.0384. The largest absolute Gasteiger partial charge is 0.436 e. The Labute approximate surface area is 337 Å². The van der Waals surface area contributed by atoms with Crippen LogP contribution in [-0.2, 0) is 23.2 Å². The monoisotopic (exact) mass is 828 g/mol. The molecule has 7 heterocycles. The maximum Gasteiger partial charge on any atom is 0.436 e. The summed E-state index contributed by atoms with van der Waals surface area (Å²) in [5.41, 5.74) is -1.40. The molecule has 0 spiro atoms. The Morgan fingerprint density at radius 3 is 2.34 bits per heavy atom. The molecule has 3 aliphatic rings. The Balaban J connectivity index is 1.07. The first-order valence-electron chi connectivity index (χ1n) is 19.2. The molecular formula is C40H40F4N10O4Si. The second-order valence-electron chi connectivity index (χ2n) is 16.4. The van der Waals surface area contributed by atoms with Gasteiger partial charge < -0.3 is 14.2 Å². The average molecular weight is 829 g/mol. The Morgan fingerprint density at radius 1 is 1.00 bits per heavy atom. The van der Waals surface area contributed by atoms with Crippen molar-refractivity contribution in [1.82, 2.24) is 39.1 Å². The van der Waals surface area contributed by atoms with Crippen LogP contribution in [0, 0.1) is 17.1 Å². The highest BCUT2D eigenvalue weighted by Crippen LogP contribution is 2.42. The van der Waals surface area contributed by atoms with E-state index in [-0.39, 0.29) is 49.2 Å². The van der Waals surface area contributed by atoms with E-state index >= 15 is 0 Å². The number of amides is 3. The number of pyridine rings is 1. The molecule has 0 bridgehead atoms. The van der Waals surface area contributed by atoms with E-state index in [1.807, 2.05) is 16.8 Å². The number of carbonyl (C=O) groups is 3. The number of hydrogen-bond acceptors (Lipinski definition) is 10. The number of hydrogen-bond donors (Lipinski definition) is 0. The zero-order chi connectivity index (χ0) is 41.9. The second kappa shape index (κ2) is 15.1. The van der Waals surface area contributed by atoms with E-state index < -0.39 is 54.6 Å². The number of ether oxygens (including phenoxy) is 1. The number of anilines is 1. The first kappa shape index (κ1) is 40.0. The van der Waals surface area contributed by atoms with Crippen molar-refractivity contribution < 1.29 is 36.7 Å². The number of imide groups is 1. The summed E-state index contributed by atoms with van der Waals surface area (Å²) in [5.74, 6) is -3.55. The van der Waals surface area contributed by atoms with Crippen molar-refractivity contribution in [3.8, 4) is 17.3 Å². The molecule has 19 heteroatoms. The standard InChI is InChI=1S/C40H40F4N10O4Si/c1-59(2,3)19-18-58-24-51-17-11-29-32(47-23-48-34(29)51)30-20-53(49-35(30)54-37(56)26-6-4-5-7-27(26)38(54)57)39(12-13-45)21-52(22-39)25-9-15-50(16-10-25)36(55)28-8-14-46-33(31(28)41)40(42,43)44/h4-8,11,14,17,20,23,25H,9-10,12,15-16,18-19,21-22,24H2,1-3H3. The topological polar surface area (TPSA) is 155 Å². The molecule has 2 fully saturated rings. The van der Waals surface area contributed by atoms with Crippen LogP contribution in [-0.4, -0.2) is 104 Å². The average Bonchev–Trinajstić information content (AvgIpc) is 3.88. The number of carbonyl (C=O) groups excluding carboxylic acids is 3. The molecule has 306 valence electrons. The highest BCUT2D eigenvalue weighted by atomic mass is 28.3. The molecule has 14 nitrogen and oxygen atoms in total. The van der Waals surface area contributed by atoms with Gasteiger partial charge in [0.2, 0.25) is 0 Å². The van der Waals surface area contributed by atoms with Crippen LogP contribution in [0.1, 0.15) is 56.0 Å². The number of nitriles is 1. The van der Waals surface area contributed by atoms with Gasteiger partial charge in [0, 0.05) is 70.9 Å². The minimum atomic E-state index is -5.05. The smallest absolute Gasteiger partial charge is 0.361 e. The third kappa shape index (κ3) is 7.29. The van der Waals surface area contributed by atoms with E-state index in [1.165, 1.54) is 11.2 Å². The number of halogens is 4. The van der Waals surface area contributed by atoms with E-state index in [0.717, 1.165) is 23.2 Å². The zero-order valence-electron chi connectivity index (χ0n) is 32.5. The maximum absolute atomic E-state index is 14.8. The fourth-order valence-electron chi connectivity index (χ4n) is 8.05. The molecule has 0 unspecified atom stereocenters. The number of aromatic nitrogens is 6. The lowest BCUT2D eigenvalue weighted by Gasteiger charge is -2.53. The molecule has 0 saturated carbocycles. The van der Waals surface area contributed by atoms with Gasteiger partial charge in [0.15, 0.2) is 17.3 Å². The van der Waals surface area contributed by atoms with Gasteiger partial charge in [0.1, 0.15) is 24.2 Å². The predicted octanol–water partition coefficient (Wildman–Crippen LogP) is 6.19. The molecule has 1 aromatic carbocycles. The normalized spacial score (nSPS) is 17.4. The third-order valence-electron chi connectivity index (χ3n) is 11.3. The third-order valence-corrected chi connectivity index (χ3v) is 13.0. The van der Waals surface area contributed by atoms with Gasteiger partial charge in [-0.2, -0.15) is 23.5 Å². The van der Waals surface area contributed by atoms with Crippen LogP contribution >= 0.6 is 0 Å². The SMILES string of the molecule is C[Si](C)(C)CCOCn1ccc2c(-c3cn(C4(CC#N)CN(C5CCN(C(=O)c6ccnc(C(F)(F)F)c6F)CC5)C4)nc3N3C(=O)c4ccccc4C3=O)ncnc21. The quantitative estimate of drug-likeness (QED) is 0.0652. The van der Waals surface area contributed by atoms with Gasteiger partial charge >= 0.3 is 6.18 Å². The molecule has 8 rings (SSSR count). The zero-order valence-corrected chi connectivity index (χ0v) is 33.5. The van der Waals surface area contributed by atoms with Crippen molar-refractivity contribution in [3.05, 3.63) is 89.5 Å². The minimum Gasteiger partial charge on any atom is -0.361 e. The lowest BCUT2D eigenvalue weighted by atomic mass is 9.83. The molecule has 5 aromatic rings. The van der Waals surface area contributed by atoms with Gasteiger partial charge in [-0.1, -0.05) is 31.8 Å². The van der Waals surface area contributed by atoms with Crippen LogP contribution < -0.4 is 4.90 Å². The summed E-state index contributed by atoms with van der Waals surface area (Å²) in [6.45, 7) is 8.79. The van der Waals surface area contributed by atoms with Crippen LogP contribution in [0.3, 0.4) is 0 Å². The number of nitrogens with zero attached hydrogens (tertiary/aromatic N) is 10. The lowest BCUT2D eigenvalue weighted by molar-refractivity contribution is -0.143. The highest BCUT2D eigenvalue weighted by molar-refractivity contribution is 6.76. The van der Waals surface area contributed by atoms with Crippen molar-refractivity contribution in [1.29, 1.82) is 5.26 Å². The second-order valence-corrected chi connectivity index (χ2v) is 22.0. The number of rotatable bonds is 11. The number of alkyl halides is 3. The van der Waals surface area contributed by atoms with E-state index in [0.29, 0.717) is 54.8 Å². The van der Waals surface area contributed by atoms with E-state index in [1.54, 1.807) is 35.1 Å². The number of likely N-dealkylation sites (tertiary alicyclic amines) is 2. The van der Waals surface area contributed by atoms with Gasteiger partial charge in [-0.3, -0.25) is 24.0 Å². The summed E-state index contributed by atoms with van der Waals surface area (Å²) in [6, 6.07) is 12.6. The molecule has 2 saturated heterocycles. The molecule has 4 aromatic heterocycles. The lowest BCUT2D eigenvalue weighted by Crippen LogP contribution is -2.66. The summed E-state index contributed by atoms with van der Waals surface area (Å²) >= 11 is 0. The summed E-state index contributed by atoms with van der Waals surface area (Å²) in [7, 11) is -1.31. The molecule has 3 amide bonds. The summed E-state index contributed by atoms with van der Waals surface area (Å²) in [5, 5.41) is 15.6. The predicted molar refractivity (Wildman–Crippen MR) is 208 cm³/mol. The number of fused-ring (bicyclic) bond motifs is 2. The van der Waals surface area contributed by atoms with Crippen LogP contribution in [0.15, 0.2) is 61.3 Å². The van der Waals surface area contributed by atoms with Gasteiger partial charge in [-0.05, 0) is 43.2 Å². The highest BCUT2D eigenvalue weighted by Gasteiger charge is 2.50. The first-order valence-corrected chi connectivity index (χ1v) is 22.9. The fraction of sp³-hybridized carbons (Fsp3) is 0.400. The van der Waals surface area contributed by atoms with Gasteiger partial charge in [0.25, 0.3) is 17.7 Å².